The first-order chi connectivity index (χ1) is 11.5. The number of hydrogen-bond donors (Lipinski definition) is 2. The van der Waals surface area contributed by atoms with Crippen molar-refractivity contribution >= 4 is 29.6 Å². The van der Waals surface area contributed by atoms with E-state index in [1.165, 1.54) is 6.21 Å². The summed E-state index contributed by atoms with van der Waals surface area (Å²) in [6, 6.07) is 3.45. The number of nitrogens with zero attached hydrogens (tertiary/aromatic N) is 1. The van der Waals surface area contributed by atoms with Crippen molar-refractivity contribution in [2.75, 3.05) is 13.2 Å². The highest BCUT2D eigenvalue weighted by Crippen LogP contribution is 2.36. The van der Waals surface area contributed by atoms with Gasteiger partial charge in [0.15, 0.2) is 11.5 Å². The number of hydrazone groups is 1. The molecule has 1 aliphatic rings. The third kappa shape index (κ3) is 5.13. The van der Waals surface area contributed by atoms with Gasteiger partial charge in [0.25, 0.3) is 0 Å². The van der Waals surface area contributed by atoms with E-state index in [2.05, 4.69) is 15.8 Å². The smallest absolute Gasteiger partial charge is 0.329 e. The van der Waals surface area contributed by atoms with Crippen LogP contribution < -0.4 is 20.2 Å². The normalized spacial score (nSPS) is 13.6. The molecule has 1 aliphatic carbocycles. The van der Waals surface area contributed by atoms with Crippen LogP contribution in [-0.2, 0) is 9.59 Å². The van der Waals surface area contributed by atoms with Gasteiger partial charge in [0.05, 0.1) is 24.5 Å². The monoisotopic (exact) mass is 353 g/mol. The van der Waals surface area contributed by atoms with Crippen LogP contribution in [0, 0.1) is 0 Å². The van der Waals surface area contributed by atoms with E-state index in [0.29, 0.717) is 35.3 Å². The Morgan fingerprint density at radius 2 is 1.96 bits per heavy atom. The molecule has 7 nitrogen and oxygen atoms in total. The van der Waals surface area contributed by atoms with E-state index in [9.17, 15) is 9.59 Å². The minimum absolute atomic E-state index is 0.117. The third-order valence-corrected chi connectivity index (χ3v) is 3.40. The van der Waals surface area contributed by atoms with E-state index >= 15 is 0 Å². The molecule has 0 aromatic heterocycles. The highest BCUT2D eigenvalue weighted by atomic mass is 35.5. The summed E-state index contributed by atoms with van der Waals surface area (Å²) in [7, 11) is 0. The molecule has 0 spiro atoms. The maximum atomic E-state index is 11.6. The van der Waals surface area contributed by atoms with E-state index in [1.807, 2.05) is 13.8 Å². The molecule has 2 rings (SSSR count). The molecule has 0 saturated heterocycles. The number of carbonyl (C=O) groups excluding carboxylic acids is 2. The van der Waals surface area contributed by atoms with E-state index in [0.717, 1.165) is 12.8 Å². The number of carbonyl (C=O) groups is 2. The minimum atomic E-state index is -0.805. The predicted molar refractivity (Wildman–Crippen MR) is 90.7 cm³/mol. The number of amides is 2. The molecule has 1 saturated carbocycles. The van der Waals surface area contributed by atoms with Crippen molar-refractivity contribution in [3.8, 4) is 11.5 Å². The zero-order valence-corrected chi connectivity index (χ0v) is 14.4. The molecule has 0 atom stereocenters. The summed E-state index contributed by atoms with van der Waals surface area (Å²) >= 11 is 6.19. The maximum Gasteiger partial charge on any atom is 0.329 e. The standard InChI is InChI=1S/C16H20ClN3O4/c1-3-23-13-8-10(7-12(17)14(13)24-4-2)9-18-20-16(22)15(21)19-11-5-6-11/h7-9,11H,3-6H2,1-2H3,(H,19,21)(H,20,22)/b18-9-. The highest BCUT2D eigenvalue weighted by Gasteiger charge is 2.26. The van der Waals surface area contributed by atoms with Crippen molar-refractivity contribution < 1.29 is 19.1 Å². The van der Waals surface area contributed by atoms with Crippen molar-refractivity contribution in [2.45, 2.75) is 32.7 Å². The number of benzene rings is 1. The Morgan fingerprint density at radius 3 is 2.58 bits per heavy atom. The summed E-state index contributed by atoms with van der Waals surface area (Å²) < 4.78 is 11.0. The van der Waals surface area contributed by atoms with Crippen molar-refractivity contribution in [3.63, 3.8) is 0 Å². The number of nitrogens with one attached hydrogen (secondary N) is 2. The lowest BCUT2D eigenvalue weighted by molar-refractivity contribution is -0.139. The molecular formula is C16H20ClN3O4. The van der Waals surface area contributed by atoms with Crippen molar-refractivity contribution in [3.05, 3.63) is 22.7 Å². The Hall–Kier alpha value is -2.28. The number of rotatable bonds is 7. The van der Waals surface area contributed by atoms with E-state index < -0.39 is 11.8 Å². The lowest BCUT2D eigenvalue weighted by Gasteiger charge is -2.13. The van der Waals surface area contributed by atoms with Crippen LogP contribution in [0.5, 0.6) is 11.5 Å². The topological polar surface area (TPSA) is 89.0 Å². The predicted octanol–water partition coefficient (Wildman–Crippen LogP) is 1.87. The Labute approximate surface area is 145 Å². The largest absolute Gasteiger partial charge is 0.490 e. The summed E-state index contributed by atoms with van der Waals surface area (Å²) in [6.45, 7) is 4.61. The fourth-order valence-corrected chi connectivity index (χ4v) is 2.18. The van der Waals surface area contributed by atoms with E-state index in [-0.39, 0.29) is 6.04 Å². The van der Waals surface area contributed by atoms with Gasteiger partial charge >= 0.3 is 11.8 Å². The molecule has 0 heterocycles. The Morgan fingerprint density at radius 1 is 1.25 bits per heavy atom. The quantitative estimate of drug-likeness (QED) is 0.445. The number of ether oxygens (including phenoxy) is 2. The van der Waals surface area contributed by atoms with Crippen LogP contribution in [0.25, 0.3) is 0 Å². The lowest BCUT2D eigenvalue weighted by atomic mass is 10.2. The summed E-state index contributed by atoms with van der Waals surface area (Å²) in [6.07, 6.45) is 3.20. The van der Waals surface area contributed by atoms with Crippen molar-refractivity contribution in [1.29, 1.82) is 0 Å². The Bertz CT molecular complexity index is 644. The van der Waals surface area contributed by atoms with Gasteiger partial charge in [-0.2, -0.15) is 5.10 Å². The minimum Gasteiger partial charge on any atom is -0.490 e. The molecule has 0 unspecified atom stereocenters. The van der Waals surface area contributed by atoms with Crippen molar-refractivity contribution in [1.82, 2.24) is 10.7 Å². The molecule has 1 aromatic rings. The Balaban J connectivity index is 2.02. The van der Waals surface area contributed by atoms with E-state index in [1.54, 1.807) is 12.1 Å². The van der Waals surface area contributed by atoms with Crippen LogP contribution in [-0.4, -0.2) is 37.3 Å². The second-order valence-electron chi connectivity index (χ2n) is 5.14. The lowest BCUT2D eigenvalue weighted by Crippen LogP contribution is -2.38. The van der Waals surface area contributed by atoms with Gasteiger partial charge in [0.2, 0.25) is 0 Å². The molecule has 1 aromatic carbocycles. The maximum absolute atomic E-state index is 11.6. The van der Waals surface area contributed by atoms with Crippen LogP contribution in [0.1, 0.15) is 32.3 Å². The molecule has 0 aliphatic heterocycles. The third-order valence-electron chi connectivity index (χ3n) is 3.12. The first-order valence-electron chi connectivity index (χ1n) is 7.78. The van der Waals surface area contributed by atoms with Crippen molar-refractivity contribution in [2.24, 2.45) is 5.10 Å². The van der Waals surface area contributed by atoms with Gasteiger partial charge in [0.1, 0.15) is 0 Å². The average molecular weight is 354 g/mol. The second kappa shape index (κ2) is 8.54. The van der Waals surface area contributed by atoms with Gasteiger partial charge in [0, 0.05) is 6.04 Å². The number of halogens is 1. The zero-order valence-electron chi connectivity index (χ0n) is 13.6. The van der Waals surface area contributed by atoms with Gasteiger partial charge in [-0.3, -0.25) is 9.59 Å². The van der Waals surface area contributed by atoms with Gasteiger partial charge in [-0.05, 0) is 44.4 Å². The molecule has 2 amide bonds. The fraction of sp³-hybridized carbons (Fsp3) is 0.438. The molecule has 130 valence electrons. The first kappa shape index (κ1) is 18.1. The first-order valence-corrected chi connectivity index (χ1v) is 8.16. The van der Waals surface area contributed by atoms with Gasteiger partial charge < -0.3 is 14.8 Å². The Kier molecular flexibility index (Phi) is 6.43. The summed E-state index contributed by atoms with van der Waals surface area (Å²) in [5, 5.41) is 6.72. The molecule has 0 radical (unpaired) electrons. The highest BCUT2D eigenvalue weighted by molar-refractivity contribution is 6.35. The van der Waals surface area contributed by atoms with E-state index in [4.69, 9.17) is 21.1 Å². The van der Waals surface area contributed by atoms with Crippen LogP contribution in [0.2, 0.25) is 5.02 Å². The average Bonchev–Trinajstić information content (AvgIpc) is 3.35. The molecule has 0 bridgehead atoms. The van der Waals surface area contributed by atoms with Crippen LogP contribution in [0.4, 0.5) is 0 Å². The van der Waals surface area contributed by atoms with Gasteiger partial charge in [-0.1, -0.05) is 11.6 Å². The van der Waals surface area contributed by atoms with Gasteiger partial charge in [-0.15, -0.1) is 0 Å². The second-order valence-corrected chi connectivity index (χ2v) is 5.55. The number of hydrogen-bond acceptors (Lipinski definition) is 5. The summed E-state index contributed by atoms with van der Waals surface area (Å²) in [4.78, 5) is 23.1. The van der Waals surface area contributed by atoms with Crippen LogP contribution >= 0.6 is 11.6 Å². The van der Waals surface area contributed by atoms with Gasteiger partial charge in [-0.25, -0.2) is 5.43 Å². The zero-order chi connectivity index (χ0) is 17.5. The summed E-state index contributed by atoms with van der Waals surface area (Å²) in [5.41, 5.74) is 2.78. The van der Waals surface area contributed by atoms with Crippen LogP contribution in [0.15, 0.2) is 17.2 Å². The fourth-order valence-electron chi connectivity index (χ4n) is 1.90. The van der Waals surface area contributed by atoms with Crippen LogP contribution in [0.3, 0.4) is 0 Å². The summed E-state index contributed by atoms with van der Waals surface area (Å²) in [5.74, 6) is -0.535. The molecule has 2 N–H and O–H groups in total. The molecule has 24 heavy (non-hydrogen) atoms. The molecular weight excluding hydrogens is 334 g/mol. The molecule has 8 heteroatoms. The SMILES string of the molecule is CCOc1cc(/C=N\NC(=O)C(=O)NC2CC2)cc(Cl)c1OCC. The molecule has 1 fully saturated rings.